The zero-order chi connectivity index (χ0) is 25.5. The van der Waals surface area contributed by atoms with E-state index in [0.29, 0.717) is 41.7 Å². The van der Waals surface area contributed by atoms with Crippen LogP contribution in [0.3, 0.4) is 0 Å². The number of anilines is 2. The summed E-state index contributed by atoms with van der Waals surface area (Å²) in [5.41, 5.74) is 6.62. The molecule has 2 N–H and O–H groups in total. The van der Waals surface area contributed by atoms with Gasteiger partial charge in [0.1, 0.15) is 17.3 Å². The molecule has 0 saturated carbocycles. The lowest BCUT2D eigenvalue weighted by Crippen LogP contribution is -2.20. The molecule has 2 aliphatic rings. The molecular weight excluding hydrogens is 471 g/mol. The number of pyridine rings is 2. The van der Waals surface area contributed by atoms with Crippen molar-refractivity contribution in [1.82, 2.24) is 24.6 Å². The zero-order valence-corrected chi connectivity index (χ0v) is 20.9. The maximum absolute atomic E-state index is 13.7. The molecule has 0 radical (unpaired) electrons. The van der Waals surface area contributed by atoms with Crippen LogP contribution in [0.25, 0.3) is 16.9 Å². The number of hydrogen-bond acceptors (Lipinski definition) is 6. The molecule has 1 aromatic carbocycles. The van der Waals surface area contributed by atoms with Gasteiger partial charge in [-0.05, 0) is 56.3 Å². The Kier molecular flexibility index (Phi) is 6.10. The number of hydrogen-bond donors (Lipinski definition) is 2. The fraction of sp³-hybridized carbons (Fsp3) is 0.321. The van der Waals surface area contributed by atoms with E-state index in [1.165, 1.54) is 17.7 Å². The number of amides is 1. The molecular formula is C28H29FN6O2. The molecule has 9 heteroatoms. The Morgan fingerprint density at radius 3 is 2.95 bits per heavy atom. The Morgan fingerprint density at radius 2 is 2.14 bits per heavy atom. The number of imidazole rings is 1. The van der Waals surface area contributed by atoms with Crippen molar-refractivity contribution in [3.63, 3.8) is 0 Å². The summed E-state index contributed by atoms with van der Waals surface area (Å²) in [7, 11) is 4.07. The molecule has 2 aliphatic heterocycles. The van der Waals surface area contributed by atoms with Crippen molar-refractivity contribution in [3.05, 3.63) is 77.0 Å². The lowest BCUT2D eigenvalue weighted by atomic mass is 9.92. The Bertz CT molecular complexity index is 1490. The van der Waals surface area contributed by atoms with E-state index in [1.54, 1.807) is 12.4 Å². The Morgan fingerprint density at radius 1 is 1.24 bits per heavy atom. The second kappa shape index (κ2) is 9.57. The smallest absolute Gasteiger partial charge is 0.254 e. The number of halogens is 1. The molecule has 0 aliphatic carbocycles. The number of aromatic nitrogens is 3. The minimum atomic E-state index is -0.338. The molecule has 0 spiro atoms. The van der Waals surface area contributed by atoms with Crippen molar-refractivity contribution >= 4 is 23.1 Å². The fourth-order valence-corrected chi connectivity index (χ4v) is 5.35. The summed E-state index contributed by atoms with van der Waals surface area (Å²) >= 11 is 0. The summed E-state index contributed by atoms with van der Waals surface area (Å²) < 4.78 is 21.2. The number of nitrogens with zero attached hydrogens (tertiary/aromatic N) is 4. The lowest BCUT2D eigenvalue weighted by Gasteiger charge is -2.25. The molecule has 37 heavy (non-hydrogen) atoms. The predicted molar refractivity (Wildman–Crippen MR) is 139 cm³/mol. The first-order chi connectivity index (χ1) is 18.0. The third-order valence-corrected chi connectivity index (χ3v) is 7.06. The average Bonchev–Trinajstić information content (AvgIpc) is 3.48. The molecule has 3 aromatic heterocycles. The number of rotatable bonds is 6. The minimum absolute atomic E-state index is 0.135. The first-order valence-corrected chi connectivity index (χ1v) is 12.5. The molecule has 4 aromatic rings. The van der Waals surface area contributed by atoms with Crippen molar-refractivity contribution in [1.29, 1.82) is 0 Å². The normalized spacial score (nSPS) is 17.3. The van der Waals surface area contributed by atoms with Crippen LogP contribution in [0.5, 0.6) is 0 Å². The topological polar surface area (TPSA) is 83.8 Å². The van der Waals surface area contributed by atoms with E-state index in [0.717, 1.165) is 48.6 Å². The van der Waals surface area contributed by atoms with Gasteiger partial charge in [0.05, 0.1) is 35.4 Å². The van der Waals surface area contributed by atoms with Crippen molar-refractivity contribution < 1.29 is 13.9 Å². The quantitative estimate of drug-likeness (QED) is 0.406. The van der Waals surface area contributed by atoms with Crippen LogP contribution in [0.1, 0.15) is 45.9 Å². The van der Waals surface area contributed by atoms with Crippen LogP contribution in [-0.4, -0.2) is 52.5 Å². The molecule has 5 heterocycles. The van der Waals surface area contributed by atoms with E-state index in [9.17, 15) is 9.18 Å². The van der Waals surface area contributed by atoms with Gasteiger partial charge in [-0.25, -0.2) is 14.4 Å². The maximum Gasteiger partial charge on any atom is 0.254 e. The first kappa shape index (κ1) is 23.6. The van der Waals surface area contributed by atoms with Crippen LogP contribution in [0.2, 0.25) is 0 Å². The molecule has 190 valence electrons. The van der Waals surface area contributed by atoms with Gasteiger partial charge in [0.15, 0.2) is 0 Å². The van der Waals surface area contributed by atoms with Crippen LogP contribution < -0.4 is 10.6 Å². The van der Waals surface area contributed by atoms with Gasteiger partial charge in [-0.3, -0.25) is 9.20 Å². The van der Waals surface area contributed by atoms with Crippen LogP contribution >= 0.6 is 0 Å². The van der Waals surface area contributed by atoms with E-state index in [1.807, 2.05) is 36.7 Å². The van der Waals surface area contributed by atoms with E-state index >= 15 is 0 Å². The van der Waals surface area contributed by atoms with Gasteiger partial charge in [0.2, 0.25) is 0 Å². The van der Waals surface area contributed by atoms with Crippen molar-refractivity contribution in [2.45, 2.75) is 31.8 Å². The van der Waals surface area contributed by atoms with Crippen LogP contribution in [0.15, 0.2) is 48.8 Å². The van der Waals surface area contributed by atoms with Crippen molar-refractivity contribution in [2.24, 2.45) is 0 Å². The number of benzene rings is 1. The Labute approximate surface area is 214 Å². The molecule has 1 saturated heterocycles. The van der Waals surface area contributed by atoms with E-state index < -0.39 is 0 Å². The molecule has 8 nitrogen and oxygen atoms in total. The first-order valence-electron chi connectivity index (χ1n) is 12.5. The SMILES string of the molecule is CN(C)Cc1nc(Nc2ccc(-c3cnc4cc(F)ccn34)c3c2C(=O)NC3)ccc1[C@@H]1CCCOC1. The van der Waals surface area contributed by atoms with Crippen LogP contribution in [0, 0.1) is 5.82 Å². The second-order valence-electron chi connectivity index (χ2n) is 9.92. The summed E-state index contributed by atoms with van der Waals surface area (Å²) in [4.78, 5) is 24.3. The fourth-order valence-electron chi connectivity index (χ4n) is 5.35. The molecule has 6 rings (SSSR count). The predicted octanol–water partition coefficient (Wildman–Crippen LogP) is 4.48. The standard InChI is InChI=1S/C28H29FN6O2/c1-34(2)15-23-19(17-4-3-11-37-16-17)6-8-25(33-23)32-22-7-5-20(21-13-31-28(36)27(21)22)24-14-30-26-12-18(29)9-10-35(24)26/h5-10,12,14,17H,3-4,11,13,15-16H2,1-2H3,(H,31,36)(H,32,33)/t17-/m1/s1. The summed E-state index contributed by atoms with van der Waals surface area (Å²) in [6.07, 6.45) is 5.52. The van der Waals surface area contributed by atoms with Gasteiger partial charge in [-0.1, -0.05) is 12.1 Å². The largest absolute Gasteiger partial charge is 0.381 e. The maximum atomic E-state index is 13.7. The number of carbonyl (C=O) groups excluding carboxylic acids is 1. The monoisotopic (exact) mass is 500 g/mol. The van der Waals surface area contributed by atoms with Crippen LogP contribution in [-0.2, 0) is 17.8 Å². The third-order valence-electron chi connectivity index (χ3n) is 7.06. The highest BCUT2D eigenvalue weighted by molar-refractivity contribution is 6.06. The summed E-state index contributed by atoms with van der Waals surface area (Å²) in [6.45, 7) is 2.67. The van der Waals surface area contributed by atoms with Gasteiger partial charge in [-0.15, -0.1) is 0 Å². The number of nitrogens with one attached hydrogen (secondary N) is 2. The molecule has 1 amide bonds. The molecule has 1 atom stereocenters. The molecule has 0 unspecified atom stereocenters. The summed E-state index contributed by atoms with van der Waals surface area (Å²) in [5.74, 6) is 0.564. The number of ether oxygens (including phenoxy) is 1. The summed E-state index contributed by atoms with van der Waals surface area (Å²) in [5, 5.41) is 6.35. The van der Waals surface area contributed by atoms with Gasteiger partial charge in [0.25, 0.3) is 5.91 Å². The number of fused-ring (bicyclic) bond motifs is 2. The summed E-state index contributed by atoms with van der Waals surface area (Å²) in [6, 6.07) is 10.8. The zero-order valence-electron chi connectivity index (χ0n) is 20.9. The highest BCUT2D eigenvalue weighted by Crippen LogP contribution is 2.36. The van der Waals surface area contributed by atoms with Crippen LogP contribution in [0.4, 0.5) is 15.9 Å². The van der Waals surface area contributed by atoms with Gasteiger partial charge in [-0.2, -0.15) is 0 Å². The van der Waals surface area contributed by atoms with Crippen molar-refractivity contribution in [3.8, 4) is 11.3 Å². The van der Waals surface area contributed by atoms with Crippen molar-refractivity contribution in [2.75, 3.05) is 32.6 Å². The van der Waals surface area contributed by atoms with Gasteiger partial charge >= 0.3 is 0 Å². The highest BCUT2D eigenvalue weighted by atomic mass is 19.1. The molecule has 0 bridgehead atoms. The Balaban J connectivity index is 1.37. The highest BCUT2D eigenvalue weighted by Gasteiger charge is 2.28. The van der Waals surface area contributed by atoms with E-state index in [-0.39, 0.29) is 11.7 Å². The lowest BCUT2D eigenvalue weighted by molar-refractivity contribution is 0.0799. The molecule has 1 fully saturated rings. The van der Waals surface area contributed by atoms with Gasteiger partial charge in [0, 0.05) is 43.4 Å². The van der Waals surface area contributed by atoms with E-state index in [2.05, 4.69) is 26.6 Å². The Hall–Kier alpha value is -3.82. The second-order valence-corrected chi connectivity index (χ2v) is 9.92. The number of carbonyl (C=O) groups is 1. The average molecular weight is 501 g/mol. The minimum Gasteiger partial charge on any atom is -0.381 e. The third kappa shape index (κ3) is 4.45. The van der Waals surface area contributed by atoms with Gasteiger partial charge < -0.3 is 20.3 Å². The van der Waals surface area contributed by atoms with E-state index in [4.69, 9.17) is 9.72 Å².